The summed E-state index contributed by atoms with van der Waals surface area (Å²) in [5.41, 5.74) is 0.847. The molecular weight excluding hydrogens is 344 g/mol. The molecule has 0 fully saturated rings. The van der Waals surface area contributed by atoms with E-state index >= 15 is 0 Å². The van der Waals surface area contributed by atoms with E-state index in [4.69, 9.17) is 16.3 Å². The van der Waals surface area contributed by atoms with Gasteiger partial charge in [0.2, 0.25) is 0 Å². The summed E-state index contributed by atoms with van der Waals surface area (Å²) >= 11 is 9.00. The summed E-state index contributed by atoms with van der Waals surface area (Å²) in [4.78, 5) is 23.6. The lowest BCUT2D eigenvalue weighted by Gasteiger charge is -2.05. The number of rotatable bonds is 4. The summed E-state index contributed by atoms with van der Waals surface area (Å²) in [6.45, 7) is -0.299. The average Bonchev–Trinajstić information content (AvgIpc) is 2.45. The summed E-state index contributed by atoms with van der Waals surface area (Å²) in [5, 5.41) is 0.549. The molecule has 0 heterocycles. The number of hydrogen-bond donors (Lipinski definition) is 0. The van der Waals surface area contributed by atoms with Gasteiger partial charge in [0.05, 0.1) is 5.56 Å². The molecule has 0 radical (unpaired) electrons. The number of carbonyl (C=O) groups is 2. The molecule has 0 aliphatic heterocycles. The molecule has 0 amide bonds. The van der Waals surface area contributed by atoms with Gasteiger partial charge in [0.25, 0.3) is 0 Å². The highest BCUT2D eigenvalue weighted by Gasteiger charge is 2.11. The number of carbonyl (C=O) groups excluding carboxylic acids is 2. The molecule has 0 bridgehead atoms. The largest absolute Gasteiger partial charge is 0.454 e. The Hall–Kier alpha value is -1.65. The van der Waals surface area contributed by atoms with Gasteiger partial charge >= 0.3 is 5.97 Å². The first-order valence-corrected chi connectivity index (χ1v) is 6.95. The van der Waals surface area contributed by atoms with Crippen LogP contribution in [0.4, 0.5) is 0 Å². The molecule has 0 aliphatic carbocycles. The van der Waals surface area contributed by atoms with Crippen LogP contribution in [0.2, 0.25) is 5.02 Å². The van der Waals surface area contributed by atoms with E-state index in [1.165, 1.54) is 0 Å². The minimum atomic E-state index is -0.534. The lowest BCUT2D eigenvalue weighted by Crippen LogP contribution is -2.14. The minimum Gasteiger partial charge on any atom is -0.454 e. The Labute approximate surface area is 129 Å². The normalized spacial score (nSPS) is 10.1. The number of esters is 1. The smallest absolute Gasteiger partial charge is 0.338 e. The Morgan fingerprint density at radius 1 is 1.05 bits per heavy atom. The maximum Gasteiger partial charge on any atom is 0.338 e. The van der Waals surface area contributed by atoms with Crippen molar-refractivity contribution >= 4 is 39.3 Å². The fourth-order valence-electron chi connectivity index (χ4n) is 1.55. The number of hydrogen-bond acceptors (Lipinski definition) is 3. The third-order valence-corrected chi connectivity index (χ3v) is 3.31. The van der Waals surface area contributed by atoms with Crippen LogP contribution in [0.15, 0.2) is 53.0 Å². The molecule has 0 saturated carbocycles. The van der Waals surface area contributed by atoms with Crippen LogP contribution in [-0.2, 0) is 4.74 Å². The molecule has 2 aromatic carbocycles. The molecule has 0 unspecified atom stereocenters. The third-order valence-electron chi connectivity index (χ3n) is 2.56. The van der Waals surface area contributed by atoms with E-state index in [0.29, 0.717) is 16.1 Å². The van der Waals surface area contributed by atoms with Crippen LogP contribution in [-0.4, -0.2) is 18.4 Å². The van der Waals surface area contributed by atoms with Crippen molar-refractivity contribution in [3.05, 3.63) is 69.2 Å². The van der Waals surface area contributed by atoms with Gasteiger partial charge in [-0.2, -0.15) is 0 Å². The maximum atomic E-state index is 11.8. The molecule has 0 aliphatic rings. The summed E-state index contributed by atoms with van der Waals surface area (Å²) < 4.78 is 5.76. The second kappa shape index (κ2) is 6.68. The highest BCUT2D eigenvalue weighted by atomic mass is 79.9. The Morgan fingerprint density at radius 3 is 2.40 bits per heavy atom. The molecule has 0 N–H and O–H groups in total. The van der Waals surface area contributed by atoms with Crippen LogP contribution >= 0.6 is 27.5 Å². The van der Waals surface area contributed by atoms with Crippen LogP contribution in [0.5, 0.6) is 0 Å². The zero-order valence-corrected chi connectivity index (χ0v) is 12.6. The molecule has 5 heteroatoms. The first-order valence-electron chi connectivity index (χ1n) is 5.78. The predicted octanol–water partition coefficient (Wildman–Crippen LogP) is 4.14. The molecule has 20 heavy (non-hydrogen) atoms. The SMILES string of the molecule is O=C(COC(=O)c1cccc(Br)c1)c1ccc(Cl)cc1. The van der Waals surface area contributed by atoms with Crippen molar-refractivity contribution in [2.75, 3.05) is 6.61 Å². The van der Waals surface area contributed by atoms with Gasteiger partial charge in [0.1, 0.15) is 0 Å². The van der Waals surface area contributed by atoms with E-state index in [-0.39, 0.29) is 12.4 Å². The Kier molecular flexibility index (Phi) is 4.93. The highest BCUT2D eigenvalue weighted by Crippen LogP contribution is 2.13. The molecule has 0 spiro atoms. The number of ether oxygens (including phenoxy) is 1. The molecule has 3 nitrogen and oxygen atoms in total. The number of Topliss-reactive ketones (excluding diaryl/α,β-unsaturated/α-hetero) is 1. The van der Waals surface area contributed by atoms with E-state index in [1.807, 2.05) is 0 Å². The Balaban J connectivity index is 1.96. The molecular formula is C15H10BrClO3. The Bertz CT molecular complexity index is 638. The van der Waals surface area contributed by atoms with E-state index in [2.05, 4.69) is 15.9 Å². The summed E-state index contributed by atoms with van der Waals surface area (Å²) in [7, 11) is 0. The van der Waals surface area contributed by atoms with Crippen LogP contribution in [0.3, 0.4) is 0 Å². The van der Waals surface area contributed by atoms with Gasteiger partial charge in [-0.05, 0) is 42.5 Å². The van der Waals surface area contributed by atoms with Crippen LogP contribution in [0, 0.1) is 0 Å². The van der Waals surface area contributed by atoms with Crippen LogP contribution in [0.25, 0.3) is 0 Å². The quantitative estimate of drug-likeness (QED) is 0.613. The summed E-state index contributed by atoms with van der Waals surface area (Å²) in [6.07, 6.45) is 0. The lowest BCUT2D eigenvalue weighted by atomic mass is 10.1. The fraction of sp³-hybridized carbons (Fsp3) is 0.0667. The van der Waals surface area contributed by atoms with Gasteiger partial charge < -0.3 is 4.74 Å². The number of halogens is 2. The monoisotopic (exact) mass is 352 g/mol. The first-order chi connectivity index (χ1) is 9.56. The van der Waals surface area contributed by atoms with E-state index in [1.54, 1.807) is 48.5 Å². The molecule has 2 rings (SSSR count). The van der Waals surface area contributed by atoms with Gasteiger partial charge in [-0.3, -0.25) is 4.79 Å². The Morgan fingerprint density at radius 2 is 1.75 bits per heavy atom. The van der Waals surface area contributed by atoms with E-state index in [0.717, 1.165) is 4.47 Å². The van der Waals surface area contributed by atoms with Gasteiger partial charge in [-0.1, -0.05) is 33.6 Å². The van der Waals surface area contributed by atoms with Crippen molar-refractivity contribution in [1.82, 2.24) is 0 Å². The maximum absolute atomic E-state index is 11.8. The highest BCUT2D eigenvalue weighted by molar-refractivity contribution is 9.10. The molecule has 0 atom stereocenters. The fourth-order valence-corrected chi connectivity index (χ4v) is 2.07. The molecule has 0 saturated heterocycles. The lowest BCUT2D eigenvalue weighted by molar-refractivity contribution is 0.0474. The van der Waals surface area contributed by atoms with Crippen molar-refractivity contribution in [2.45, 2.75) is 0 Å². The summed E-state index contributed by atoms with van der Waals surface area (Å²) in [6, 6.07) is 13.2. The predicted molar refractivity (Wildman–Crippen MR) is 80.2 cm³/mol. The topological polar surface area (TPSA) is 43.4 Å². The number of benzene rings is 2. The second-order valence-corrected chi connectivity index (χ2v) is 5.37. The third kappa shape index (κ3) is 3.92. The zero-order chi connectivity index (χ0) is 14.5. The van der Waals surface area contributed by atoms with Gasteiger partial charge in [-0.15, -0.1) is 0 Å². The molecule has 2 aromatic rings. The van der Waals surface area contributed by atoms with Gasteiger partial charge in [0, 0.05) is 15.1 Å². The van der Waals surface area contributed by atoms with Crippen LogP contribution < -0.4 is 0 Å². The first kappa shape index (κ1) is 14.8. The van der Waals surface area contributed by atoms with Gasteiger partial charge in [-0.25, -0.2) is 4.79 Å². The van der Waals surface area contributed by atoms with Gasteiger partial charge in [0.15, 0.2) is 12.4 Å². The summed E-state index contributed by atoms with van der Waals surface area (Å²) in [5.74, 6) is -0.807. The van der Waals surface area contributed by atoms with Crippen molar-refractivity contribution in [2.24, 2.45) is 0 Å². The second-order valence-electron chi connectivity index (χ2n) is 4.02. The number of ketones is 1. The van der Waals surface area contributed by atoms with Crippen molar-refractivity contribution < 1.29 is 14.3 Å². The van der Waals surface area contributed by atoms with Crippen molar-refractivity contribution in [1.29, 1.82) is 0 Å². The molecule has 0 aromatic heterocycles. The molecule has 102 valence electrons. The minimum absolute atomic E-state index is 0.273. The van der Waals surface area contributed by atoms with Crippen LogP contribution in [0.1, 0.15) is 20.7 Å². The van der Waals surface area contributed by atoms with Crippen molar-refractivity contribution in [3.8, 4) is 0 Å². The standard InChI is InChI=1S/C15H10BrClO3/c16-12-3-1-2-11(8-12)15(19)20-9-14(18)10-4-6-13(17)7-5-10/h1-8H,9H2. The van der Waals surface area contributed by atoms with E-state index < -0.39 is 5.97 Å². The van der Waals surface area contributed by atoms with Crippen molar-refractivity contribution in [3.63, 3.8) is 0 Å². The zero-order valence-electron chi connectivity index (χ0n) is 10.3. The van der Waals surface area contributed by atoms with E-state index in [9.17, 15) is 9.59 Å². The average molecular weight is 354 g/mol.